The second-order valence-electron chi connectivity index (χ2n) is 7.38. The molecule has 0 aliphatic carbocycles. The molecule has 0 radical (unpaired) electrons. The van der Waals surface area contributed by atoms with E-state index >= 15 is 0 Å². The van der Waals surface area contributed by atoms with Crippen molar-refractivity contribution >= 4 is 29.1 Å². The van der Waals surface area contributed by atoms with Gasteiger partial charge in [-0.2, -0.15) is 0 Å². The first-order valence-corrected chi connectivity index (χ1v) is 10.5. The maximum atomic E-state index is 13.2. The zero-order valence-corrected chi connectivity index (χ0v) is 18.7. The highest BCUT2D eigenvalue weighted by Crippen LogP contribution is 2.43. The molecule has 1 aliphatic heterocycles. The number of benzene rings is 2. The van der Waals surface area contributed by atoms with Gasteiger partial charge in [0.1, 0.15) is 17.3 Å². The summed E-state index contributed by atoms with van der Waals surface area (Å²) in [5, 5.41) is 11.5. The lowest BCUT2D eigenvalue weighted by atomic mass is 9.94. The van der Waals surface area contributed by atoms with Crippen LogP contribution in [0.3, 0.4) is 0 Å². The Balaban J connectivity index is 1.90. The first-order chi connectivity index (χ1) is 16.0. The average Bonchev–Trinajstić information content (AvgIpc) is 3.09. The standard InChI is InChI=1S/C25H21ClN2O5/c1-32-19-8-4-3-7-17(19)22-21(23(29)16-9-10-20(33-2)18(26)12-16)24(30)25(31)28(22)14-15-6-5-11-27-13-15/h3-13,22,29H,14H2,1-2H3/b23-21+. The van der Waals surface area contributed by atoms with Gasteiger partial charge in [0.25, 0.3) is 11.7 Å². The van der Waals surface area contributed by atoms with Gasteiger partial charge in [0.05, 0.1) is 30.9 Å². The molecule has 1 aromatic heterocycles. The maximum absolute atomic E-state index is 13.2. The zero-order chi connectivity index (χ0) is 23.5. The number of pyridine rings is 1. The molecule has 3 aromatic rings. The van der Waals surface area contributed by atoms with Crippen molar-refractivity contribution < 1.29 is 24.2 Å². The van der Waals surface area contributed by atoms with Gasteiger partial charge >= 0.3 is 0 Å². The minimum atomic E-state index is -0.873. The van der Waals surface area contributed by atoms with Gasteiger partial charge in [0.2, 0.25) is 0 Å². The number of ether oxygens (including phenoxy) is 2. The number of hydrogen-bond acceptors (Lipinski definition) is 6. The molecule has 1 aliphatic rings. The van der Waals surface area contributed by atoms with E-state index in [9.17, 15) is 14.7 Å². The molecule has 0 spiro atoms. The molecule has 1 saturated heterocycles. The third kappa shape index (κ3) is 4.15. The predicted octanol–water partition coefficient (Wildman–Crippen LogP) is 4.37. The Morgan fingerprint density at radius 3 is 2.48 bits per heavy atom. The van der Waals surface area contributed by atoms with E-state index in [1.54, 1.807) is 54.9 Å². The lowest BCUT2D eigenvalue weighted by Gasteiger charge is -2.26. The van der Waals surface area contributed by atoms with Crippen molar-refractivity contribution in [3.8, 4) is 11.5 Å². The van der Waals surface area contributed by atoms with Crippen molar-refractivity contribution in [3.63, 3.8) is 0 Å². The molecule has 1 unspecified atom stereocenters. The molecule has 0 saturated carbocycles. The van der Waals surface area contributed by atoms with Crippen LogP contribution in [-0.2, 0) is 16.1 Å². The number of carbonyl (C=O) groups excluding carboxylic acids is 2. The Morgan fingerprint density at radius 2 is 1.82 bits per heavy atom. The number of carbonyl (C=O) groups is 2. The fraction of sp³-hybridized carbons (Fsp3) is 0.160. The van der Waals surface area contributed by atoms with Crippen LogP contribution in [0.4, 0.5) is 0 Å². The number of nitrogens with zero attached hydrogens (tertiary/aromatic N) is 2. The van der Waals surface area contributed by atoms with Gasteiger partial charge in [-0.3, -0.25) is 14.6 Å². The van der Waals surface area contributed by atoms with Crippen LogP contribution in [0.25, 0.3) is 5.76 Å². The Kier molecular flexibility index (Phi) is 6.33. The van der Waals surface area contributed by atoms with Gasteiger partial charge in [-0.15, -0.1) is 0 Å². The summed E-state index contributed by atoms with van der Waals surface area (Å²) in [5.74, 6) is -0.941. The van der Waals surface area contributed by atoms with E-state index in [1.807, 2.05) is 6.07 Å². The second kappa shape index (κ2) is 9.34. The third-order valence-corrected chi connectivity index (χ3v) is 5.77. The molecule has 4 rings (SSSR count). The van der Waals surface area contributed by atoms with E-state index in [4.69, 9.17) is 21.1 Å². The summed E-state index contributed by atoms with van der Waals surface area (Å²) in [6.07, 6.45) is 3.25. The molecular weight excluding hydrogens is 444 g/mol. The average molecular weight is 465 g/mol. The minimum Gasteiger partial charge on any atom is -0.507 e. The molecule has 7 nitrogen and oxygen atoms in total. The smallest absolute Gasteiger partial charge is 0.295 e. The monoisotopic (exact) mass is 464 g/mol. The maximum Gasteiger partial charge on any atom is 0.295 e. The predicted molar refractivity (Wildman–Crippen MR) is 123 cm³/mol. The van der Waals surface area contributed by atoms with Crippen LogP contribution >= 0.6 is 11.6 Å². The van der Waals surface area contributed by atoms with Crippen LogP contribution < -0.4 is 9.47 Å². The summed E-state index contributed by atoms with van der Waals surface area (Å²) in [4.78, 5) is 31.8. The van der Waals surface area contributed by atoms with Crippen molar-refractivity contribution in [3.05, 3.63) is 94.3 Å². The summed E-state index contributed by atoms with van der Waals surface area (Å²) in [6, 6.07) is 14.4. The van der Waals surface area contributed by atoms with Crippen molar-refractivity contribution in [2.45, 2.75) is 12.6 Å². The van der Waals surface area contributed by atoms with Crippen molar-refractivity contribution in [2.24, 2.45) is 0 Å². The van der Waals surface area contributed by atoms with Crippen molar-refractivity contribution in [2.75, 3.05) is 14.2 Å². The molecule has 2 heterocycles. The molecule has 2 aromatic carbocycles. The second-order valence-corrected chi connectivity index (χ2v) is 7.79. The number of para-hydroxylation sites is 1. The van der Waals surface area contributed by atoms with Gasteiger partial charge in [0.15, 0.2) is 0 Å². The van der Waals surface area contributed by atoms with Crippen LogP contribution in [0, 0.1) is 0 Å². The first-order valence-electron chi connectivity index (χ1n) is 10.1. The summed E-state index contributed by atoms with van der Waals surface area (Å²) in [7, 11) is 2.99. The van der Waals surface area contributed by atoms with Gasteiger partial charge < -0.3 is 19.5 Å². The topological polar surface area (TPSA) is 89.0 Å². The number of hydrogen-bond donors (Lipinski definition) is 1. The van der Waals surface area contributed by atoms with Crippen molar-refractivity contribution in [1.82, 2.24) is 9.88 Å². The summed E-state index contributed by atoms with van der Waals surface area (Å²) >= 11 is 6.23. The van der Waals surface area contributed by atoms with Gasteiger partial charge in [0, 0.05) is 30.1 Å². The number of methoxy groups -OCH3 is 2. The number of ketones is 1. The quantitative estimate of drug-likeness (QED) is 0.331. The van der Waals surface area contributed by atoms with E-state index in [1.165, 1.54) is 25.2 Å². The normalized spacial score (nSPS) is 17.3. The summed E-state index contributed by atoms with van der Waals surface area (Å²) in [6.45, 7) is 0.126. The Hall–Kier alpha value is -3.84. The lowest BCUT2D eigenvalue weighted by molar-refractivity contribution is -0.140. The minimum absolute atomic E-state index is 0.0466. The van der Waals surface area contributed by atoms with E-state index < -0.39 is 17.7 Å². The van der Waals surface area contributed by atoms with Crippen LogP contribution in [0.2, 0.25) is 5.02 Å². The molecule has 0 bridgehead atoms. The van der Waals surface area contributed by atoms with Crippen molar-refractivity contribution in [1.29, 1.82) is 0 Å². The molecule has 8 heteroatoms. The number of aromatic nitrogens is 1. The third-order valence-electron chi connectivity index (χ3n) is 5.47. The highest BCUT2D eigenvalue weighted by Gasteiger charge is 2.47. The largest absolute Gasteiger partial charge is 0.507 e. The number of amides is 1. The molecule has 33 heavy (non-hydrogen) atoms. The van der Waals surface area contributed by atoms with Crippen LogP contribution in [0.15, 0.2) is 72.6 Å². The molecule has 168 valence electrons. The van der Waals surface area contributed by atoms with E-state index in [2.05, 4.69) is 4.98 Å². The number of Topliss-reactive ketones (excluding diaryl/α,β-unsaturated/α-hetero) is 1. The Labute approximate surface area is 195 Å². The van der Waals surface area contributed by atoms with E-state index in [0.29, 0.717) is 22.6 Å². The molecular formula is C25H21ClN2O5. The molecule has 1 N–H and O–H groups in total. The molecule has 1 amide bonds. The number of rotatable bonds is 6. The highest BCUT2D eigenvalue weighted by atomic mass is 35.5. The summed E-state index contributed by atoms with van der Waals surface area (Å²) in [5.41, 5.74) is 1.56. The highest BCUT2D eigenvalue weighted by molar-refractivity contribution is 6.46. The van der Waals surface area contributed by atoms with Crippen LogP contribution in [0.1, 0.15) is 22.7 Å². The fourth-order valence-electron chi connectivity index (χ4n) is 3.92. The van der Waals surface area contributed by atoms with E-state index in [0.717, 1.165) is 5.56 Å². The van der Waals surface area contributed by atoms with Gasteiger partial charge in [-0.25, -0.2) is 0 Å². The number of aliphatic hydroxyl groups is 1. The van der Waals surface area contributed by atoms with Crippen LogP contribution in [-0.4, -0.2) is 40.9 Å². The number of halogens is 1. The van der Waals surface area contributed by atoms with Gasteiger partial charge in [-0.05, 0) is 35.9 Å². The molecule has 1 fully saturated rings. The first kappa shape index (κ1) is 22.4. The zero-order valence-electron chi connectivity index (χ0n) is 18.0. The van der Waals surface area contributed by atoms with Crippen LogP contribution in [0.5, 0.6) is 11.5 Å². The number of aliphatic hydroxyl groups excluding tert-OH is 1. The lowest BCUT2D eigenvalue weighted by Crippen LogP contribution is -2.29. The molecule has 1 atom stereocenters. The van der Waals surface area contributed by atoms with Gasteiger partial charge in [-0.1, -0.05) is 35.9 Å². The number of likely N-dealkylation sites (tertiary alicyclic amines) is 1. The fourth-order valence-corrected chi connectivity index (χ4v) is 4.17. The Bertz CT molecular complexity index is 1240. The van der Waals surface area contributed by atoms with E-state index in [-0.39, 0.29) is 22.9 Å². The SMILES string of the molecule is COc1ccc(/C(O)=C2\C(=O)C(=O)N(Cc3cccnc3)C2c2ccccc2OC)cc1Cl. The Morgan fingerprint density at radius 1 is 1.06 bits per heavy atom. The summed E-state index contributed by atoms with van der Waals surface area (Å²) < 4.78 is 10.7.